The molecule has 7 heteroatoms. The number of likely N-dealkylation sites (N-methyl/N-ethyl adjacent to an activating group) is 1. The molecule has 1 N–H and O–H groups in total. The molecule has 20 heavy (non-hydrogen) atoms. The second-order valence-electron chi connectivity index (χ2n) is 4.80. The highest BCUT2D eigenvalue weighted by atomic mass is 127. The number of nitro groups is 1. The van der Waals surface area contributed by atoms with E-state index >= 15 is 0 Å². The van der Waals surface area contributed by atoms with Crippen LogP contribution in [0.4, 0.5) is 15.8 Å². The monoisotopic (exact) mass is 393 g/mol. The van der Waals surface area contributed by atoms with Crippen LogP contribution in [-0.2, 0) is 0 Å². The Kier molecular flexibility index (Phi) is 5.14. The number of nitro benzene ring substituents is 1. The molecule has 2 rings (SSSR count). The highest BCUT2D eigenvalue weighted by Crippen LogP contribution is 2.33. The van der Waals surface area contributed by atoms with Crippen LogP contribution in [0, 0.1) is 19.5 Å². The summed E-state index contributed by atoms with van der Waals surface area (Å²) in [6.45, 7) is 4.30. The normalized spacial score (nSPS) is 18.9. The number of hydrogen-bond donors (Lipinski definition) is 1. The van der Waals surface area contributed by atoms with E-state index in [-0.39, 0.29) is 15.3 Å². The lowest BCUT2D eigenvalue weighted by atomic mass is 10.0. The Morgan fingerprint density at radius 1 is 1.60 bits per heavy atom. The van der Waals surface area contributed by atoms with Crippen molar-refractivity contribution in [1.82, 2.24) is 5.32 Å². The van der Waals surface area contributed by atoms with Gasteiger partial charge >= 0.3 is 0 Å². The number of anilines is 1. The van der Waals surface area contributed by atoms with Crippen LogP contribution in [0.3, 0.4) is 0 Å². The Hall–Kier alpha value is -0.960. The van der Waals surface area contributed by atoms with E-state index in [1.54, 1.807) is 22.6 Å². The molecule has 1 atom stereocenters. The summed E-state index contributed by atoms with van der Waals surface area (Å²) in [7, 11) is 0. The molecule has 0 radical (unpaired) electrons. The van der Waals surface area contributed by atoms with Crippen molar-refractivity contribution in [3.05, 3.63) is 31.6 Å². The lowest BCUT2D eigenvalue weighted by Crippen LogP contribution is -2.46. The van der Waals surface area contributed by atoms with Crippen LogP contribution >= 0.6 is 22.6 Å². The van der Waals surface area contributed by atoms with E-state index in [4.69, 9.17) is 0 Å². The van der Waals surface area contributed by atoms with Gasteiger partial charge in [-0.2, -0.15) is 0 Å². The van der Waals surface area contributed by atoms with Crippen molar-refractivity contribution in [2.45, 2.75) is 25.8 Å². The molecule has 1 aliphatic rings. The Balaban J connectivity index is 2.41. The average molecular weight is 393 g/mol. The van der Waals surface area contributed by atoms with Gasteiger partial charge in [-0.15, -0.1) is 0 Å². The van der Waals surface area contributed by atoms with Crippen LogP contribution in [-0.4, -0.2) is 30.6 Å². The maximum atomic E-state index is 13.8. The van der Waals surface area contributed by atoms with Gasteiger partial charge in [0.1, 0.15) is 11.5 Å². The summed E-state index contributed by atoms with van der Waals surface area (Å²) in [4.78, 5) is 12.7. The first-order valence-corrected chi connectivity index (χ1v) is 7.73. The van der Waals surface area contributed by atoms with Crippen LogP contribution < -0.4 is 10.2 Å². The maximum absolute atomic E-state index is 13.8. The third-order valence-electron chi connectivity index (χ3n) is 3.58. The van der Waals surface area contributed by atoms with Gasteiger partial charge in [-0.3, -0.25) is 10.1 Å². The number of nitrogens with zero attached hydrogens (tertiary/aromatic N) is 2. The molecule has 1 heterocycles. The summed E-state index contributed by atoms with van der Waals surface area (Å²) < 4.78 is 14.1. The van der Waals surface area contributed by atoms with Crippen LogP contribution in [0.25, 0.3) is 0 Å². The van der Waals surface area contributed by atoms with E-state index in [9.17, 15) is 14.5 Å². The maximum Gasteiger partial charge on any atom is 0.293 e. The van der Waals surface area contributed by atoms with Crippen molar-refractivity contribution in [3.8, 4) is 0 Å². The van der Waals surface area contributed by atoms with Gasteiger partial charge in [-0.05, 0) is 48.9 Å². The van der Waals surface area contributed by atoms with Gasteiger partial charge in [0, 0.05) is 31.3 Å². The summed E-state index contributed by atoms with van der Waals surface area (Å²) in [5, 5.41) is 14.5. The number of halogens is 2. The smallest absolute Gasteiger partial charge is 0.293 e. The van der Waals surface area contributed by atoms with Crippen LogP contribution in [0.5, 0.6) is 0 Å². The topological polar surface area (TPSA) is 58.4 Å². The molecule has 0 spiro atoms. The first-order chi connectivity index (χ1) is 9.54. The summed E-state index contributed by atoms with van der Waals surface area (Å²) in [5.41, 5.74) is 0.354. The Morgan fingerprint density at radius 2 is 2.35 bits per heavy atom. The zero-order valence-electron chi connectivity index (χ0n) is 11.2. The van der Waals surface area contributed by atoms with Gasteiger partial charge in [0.05, 0.1) is 8.49 Å². The van der Waals surface area contributed by atoms with Crippen molar-refractivity contribution in [2.24, 2.45) is 0 Å². The highest BCUT2D eigenvalue weighted by molar-refractivity contribution is 14.1. The van der Waals surface area contributed by atoms with Crippen molar-refractivity contribution in [1.29, 1.82) is 0 Å². The predicted molar refractivity (Wildman–Crippen MR) is 84.7 cm³/mol. The van der Waals surface area contributed by atoms with Crippen LogP contribution in [0.1, 0.15) is 19.8 Å². The second-order valence-corrected chi connectivity index (χ2v) is 5.96. The Morgan fingerprint density at radius 3 is 2.90 bits per heavy atom. The van der Waals surface area contributed by atoms with Crippen molar-refractivity contribution >= 4 is 34.0 Å². The van der Waals surface area contributed by atoms with Gasteiger partial charge < -0.3 is 10.2 Å². The van der Waals surface area contributed by atoms with Crippen molar-refractivity contribution < 1.29 is 9.31 Å². The van der Waals surface area contributed by atoms with E-state index in [0.29, 0.717) is 12.2 Å². The molecule has 110 valence electrons. The Labute approximate surface area is 130 Å². The molecule has 5 nitrogen and oxygen atoms in total. The number of hydrogen-bond acceptors (Lipinski definition) is 4. The van der Waals surface area contributed by atoms with E-state index in [2.05, 4.69) is 5.32 Å². The molecule has 0 saturated carbocycles. The van der Waals surface area contributed by atoms with Crippen molar-refractivity contribution in [2.75, 3.05) is 24.5 Å². The number of rotatable bonds is 4. The summed E-state index contributed by atoms with van der Waals surface area (Å²) in [5.74, 6) is -0.409. The molecule has 0 amide bonds. The SMILES string of the molecule is CCN(c1cc(F)c(I)cc1[N+](=O)[O-])C1CCCNC1. The molecule has 0 bridgehead atoms. The quantitative estimate of drug-likeness (QED) is 0.486. The van der Waals surface area contributed by atoms with Gasteiger partial charge in [-0.1, -0.05) is 0 Å². The fourth-order valence-corrected chi connectivity index (χ4v) is 3.08. The van der Waals surface area contributed by atoms with Gasteiger partial charge in [0.15, 0.2) is 0 Å². The largest absolute Gasteiger partial charge is 0.362 e. The second kappa shape index (κ2) is 6.66. The molecule has 0 aliphatic carbocycles. The molecule has 1 aromatic rings. The molecule has 0 aromatic heterocycles. The summed E-state index contributed by atoms with van der Waals surface area (Å²) >= 11 is 1.78. The minimum atomic E-state index is -0.435. The van der Waals surface area contributed by atoms with Crippen LogP contribution in [0.15, 0.2) is 12.1 Å². The van der Waals surface area contributed by atoms with E-state index in [0.717, 1.165) is 25.9 Å². The standard InChI is InChI=1S/C13H17FIN3O2/c1-2-17(9-4-3-5-16-8-9)12-6-10(14)11(15)7-13(12)18(19)20/h6-7,9,16H,2-5,8H2,1H3. The first-order valence-electron chi connectivity index (χ1n) is 6.65. The molecule has 1 fully saturated rings. The third-order valence-corrected chi connectivity index (χ3v) is 4.40. The van der Waals surface area contributed by atoms with E-state index < -0.39 is 10.7 Å². The number of benzene rings is 1. The average Bonchev–Trinajstić information content (AvgIpc) is 2.44. The number of nitrogens with one attached hydrogen (secondary N) is 1. The minimum absolute atomic E-state index is 0.0248. The lowest BCUT2D eigenvalue weighted by Gasteiger charge is -2.35. The fourth-order valence-electron chi connectivity index (χ4n) is 2.63. The van der Waals surface area contributed by atoms with E-state index in [1.165, 1.54) is 12.1 Å². The molecule has 1 aromatic carbocycles. The molecular weight excluding hydrogens is 376 g/mol. The van der Waals surface area contributed by atoms with Crippen LogP contribution in [0.2, 0.25) is 0 Å². The molecular formula is C13H17FIN3O2. The molecule has 1 aliphatic heterocycles. The fraction of sp³-hybridized carbons (Fsp3) is 0.538. The van der Waals surface area contributed by atoms with Gasteiger partial charge in [0.2, 0.25) is 0 Å². The van der Waals surface area contributed by atoms with Gasteiger partial charge in [0.25, 0.3) is 5.69 Å². The third kappa shape index (κ3) is 3.20. The number of piperidine rings is 1. The van der Waals surface area contributed by atoms with E-state index in [1.807, 2.05) is 11.8 Å². The zero-order chi connectivity index (χ0) is 14.7. The molecule has 1 saturated heterocycles. The van der Waals surface area contributed by atoms with Gasteiger partial charge in [-0.25, -0.2) is 4.39 Å². The lowest BCUT2D eigenvalue weighted by molar-refractivity contribution is -0.384. The highest BCUT2D eigenvalue weighted by Gasteiger charge is 2.27. The summed E-state index contributed by atoms with van der Waals surface area (Å²) in [6, 6.07) is 2.77. The Bertz CT molecular complexity index is 507. The zero-order valence-corrected chi connectivity index (χ0v) is 13.4. The predicted octanol–water partition coefficient (Wildman–Crippen LogP) is 2.92. The molecule has 1 unspecified atom stereocenters. The first kappa shape index (κ1) is 15.4. The summed E-state index contributed by atoms with van der Waals surface area (Å²) in [6.07, 6.45) is 1.99. The minimum Gasteiger partial charge on any atom is -0.362 e. The van der Waals surface area contributed by atoms with Crippen molar-refractivity contribution in [3.63, 3.8) is 0 Å².